The fourth-order valence-electron chi connectivity index (χ4n) is 1.87. The van der Waals surface area contributed by atoms with E-state index in [1.807, 2.05) is 16.8 Å². The molecule has 0 aliphatic rings. The smallest absolute Gasteiger partial charge is 0.251 e. The lowest BCUT2D eigenvalue weighted by molar-refractivity contribution is 0.0950. The number of rotatable bonds is 3. The van der Waals surface area contributed by atoms with E-state index >= 15 is 0 Å². The first-order chi connectivity index (χ1) is 9.72. The molecule has 1 amide bonds. The van der Waals surface area contributed by atoms with Gasteiger partial charge < -0.3 is 9.72 Å². The lowest BCUT2D eigenvalue weighted by Crippen LogP contribution is -2.22. The molecule has 1 N–H and O–H groups in total. The third-order valence-corrected chi connectivity index (χ3v) is 3.08. The first kappa shape index (κ1) is 12.6. The lowest BCUT2D eigenvalue weighted by atomic mass is 10.2. The lowest BCUT2D eigenvalue weighted by Gasteiger charge is -2.02. The van der Waals surface area contributed by atoms with E-state index in [-0.39, 0.29) is 5.91 Å². The van der Waals surface area contributed by atoms with Gasteiger partial charge in [0.15, 0.2) is 0 Å². The predicted octanol–water partition coefficient (Wildman–Crippen LogP) is 2.31. The van der Waals surface area contributed by atoms with Crippen LogP contribution in [-0.4, -0.2) is 20.3 Å². The molecule has 3 rings (SSSR count). The number of carbonyl (C=O) groups excluding carboxylic acids is 1. The summed E-state index contributed by atoms with van der Waals surface area (Å²) < 4.78 is 1.86. The van der Waals surface area contributed by atoms with E-state index in [9.17, 15) is 4.79 Å². The highest BCUT2D eigenvalue weighted by atomic mass is 35.5. The molecule has 0 saturated carbocycles. The summed E-state index contributed by atoms with van der Waals surface area (Å²) in [7, 11) is 0. The van der Waals surface area contributed by atoms with Crippen LogP contribution in [0, 0.1) is 0 Å². The van der Waals surface area contributed by atoms with Gasteiger partial charge in [0.2, 0.25) is 0 Å². The summed E-state index contributed by atoms with van der Waals surface area (Å²) in [5, 5.41) is 3.45. The van der Waals surface area contributed by atoms with Gasteiger partial charge in [-0.05, 0) is 24.3 Å². The SMILES string of the molecule is O=C(NCc1cn2ccc(Cl)cc2n1)c1ccncc1. The molecule has 0 aliphatic heterocycles. The van der Waals surface area contributed by atoms with Gasteiger partial charge in [-0.2, -0.15) is 0 Å². The van der Waals surface area contributed by atoms with Gasteiger partial charge in [0, 0.05) is 35.4 Å². The second-order valence-electron chi connectivity index (χ2n) is 4.26. The minimum atomic E-state index is -0.150. The van der Waals surface area contributed by atoms with Crippen molar-refractivity contribution >= 4 is 23.2 Å². The maximum atomic E-state index is 11.9. The van der Waals surface area contributed by atoms with Crippen LogP contribution in [0.5, 0.6) is 0 Å². The Balaban J connectivity index is 1.72. The van der Waals surface area contributed by atoms with E-state index in [0.717, 1.165) is 11.3 Å². The molecule has 3 aromatic rings. The van der Waals surface area contributed by atoms with Crippen molar-refractivity contribution in [1.29, 1.82) is 0 Å². The van der Waals surface area contributed by atoms with Gasteiger partial charge in [-0.15, -0.1) is 0 Å². The number of aromatic nitrogens is 3. The topological polar surface area (TPSA) is 59.3 Å². The summed E-state index contributed by atoms with van der Waals surface area (Å²) in [6.07, 6.45) is 6.86. The molecule has 0 aliphatic carbocycles. The maximum absolute atomic E-state index is 11.9. The number of carbonyl (C=O) groups is 1. The summed E-state index contributed by atoms with van der Waals surface area (Å²) in [4.78, 5) is 20.2. The molecule has 5 nitrogen and oxygen atoms in total. The van der Waals surface area contributed by atoms with Crippen LogP contribution in [0.4, 0.5) is 0 Å². The summed E-state index contributed by atoms with van der Waals surface area (Å²) >= 11 is 5.91. The van der Waals surface area contributed by atoms with Crippen LogP contribution in [0.2, 0.25) is 5.02 Å². The monoisotopic (exact) mass is 286 g/mol. The van der Waals surface area contributed by atoms with Gasteiger partial charge in [-0.1, -0.05) is 11.6 Å². The van der Waals surface area contributed by atoms with Crippen LogP contribution in [-0.2, 0) is 6.54 Å². The Hall–Kier alpha value is -2.40. The Labute approximate surface area is 120 Å². The van der Waals surface area contributed by atoms with Crippen molar-refractivity contribution in [3.63, 3.8) is 0 Å². The van der Waals surface area contributed by atoms with Crippen LogP contribution in [0.3, 0.4) is 0 Å². The molecule has 100 valence electrons. The molecule has 6 heteroatoms. The number of hydrogen-bond donors (Lipinski definition) is 1. The standard InChI is InChI=1S/C14H11ClN4O/c15-11-3-6-19-9-12(18-13(19)7-11)8-17-14(20)10-1-4-16-5-2-10/h1-7,9H,8H2,(H,17,20). The number of halogens is 1. The molecule has 20 heavy (non-hydrogen) atoms. The van der Waals surface area contributed by atoms with Gasteiger partial charge in [0.05, 0.1) is 12.2 Å². The van der Waals surface area contributed by atoms with Gasteiger partial charge in [0.25, 0.3) is 5.91 Å². The third kappa shape index (κ3) is 2.62. The van der Waals surface area contributed by atoms with Crippen molar-refractivity contribution < 1.29 is 4.79 Å². The van der Waals surface area contributed by atoms with Crippen molar-refractivity contribution in [2.24, 2.45) is 0 Å². The van der Waals surface area contributed by atoms with Crippen molar-refractivity contribution in [2.75, 3.05) is 0 Å². The first-order valence-electron chi connectivity index (χ1n) is 6.04. The normalized spacial score (nSPS) is 10.7. The number of nitrogens with one attached hydrogen (secondary N) is 1. The average Bonchev–Trinajstić information content (AvgIpc) is 2.87. The summed E-state index contributed by atoms with van der Waals surface area (Å²) in [6.45, 7) is 0.362. The number of nitrogens with zero attached hydrogens (tertiary/aromatic N) is 3. The van der Waals surface area contributed by atoms with Crippen molar-refractivity contribution in [1.82, 2.24) is 19.7 Å². The van der Waals surface area contributed by atoms with E-state index in [1.54, 1.807) is 36.7 Å². The number of hydrogen-bond acceptors (Lipinski definition) is 3. The molecular formula is C14H11ClN4O. The number of pyridine rings is 2. The van der Waals surface area contributed by atoms with Crippen LogP contribution in [0.25, 0.3) is 5.65 Å². The highest BCUT2D eigenvalue weighted by Gasteiger charge is 2.06. The van der Waals surface area contributed by atoms with Gasteiger partial charge in [-0.25, -0.2) is 4.98 Å². The van der Waals surface area contributed by atoms with Crippen molar-refractivity contribution in [3.05, 3.63) is 65.3 Å². The zero-order valence-electron chi connectivity index (χ0n) is 10.5. The number of amides is 1. The molecule has 3 heterocycles. The van der Waals surface area contributed by atoms with Crippen LogP contribution in [0.1, 0.15) is 16.1 Å². The van der Waals surface area contributed by atoms with E-state index in [1.165, 1.54) is 0 Å². The minimum Gasteiger partial charge on any atom is -0.346 e. The first-order valence-corrected chi connectivity index (χ1v) is 6.41. The maximum Gasteiger partial charge on any atom is 0.251 e. The van der Waals surface area contributed by atoms with Crippen LogP contribution in [0.15, 0.2) is 49.1 Å². The molecule has 0 radical (unpaired) electrons. The fourth-order valence-corrected chi connectivity index (χ4v) is 2.02. The predicted molar refractivity (Wildman–Crippen MR) is 75.6 cm³/mol. The van der Waals surface area contributed by atoms with Crippen molar-refractivity contribution in [3.8, 4) is 0 Å². The molecule has 0 unspecified atom stereocenters. The van der Waals surface area contributed by atoms with Gasteiger partial charge >= 0.3 is 0 Å². The minimum absolute atomic E-state index is 0.150. The highest BCUT2D eigenvalue weighted by molar-refractivity contribution is 6.30. The van der Waals surface area contributed by atoms with Crippen LogP contribution >= 0.6 is 11.6 Å². The van der Waals surface area contributed by atoms with E-state index in [0.29, 0.717) is 17.1 Å². The summed E-state index contributed by atoms with van der Waals surface area (Å²) in [5.74, 6) is -0.150. The highest BCUT2D eigenvalue weighted by Crippen LogP contribution is 2.12. The Morgan fingerprint density at radius 1 is 1.30 bits per heavy atom. The molecule has 0 atom stereocenters. The second-order valence-corrected chi connectivity index (χ2v) is 4.70. The molecule has 0 saturated heterocycles. The average molecular weight is 287 g/mol. The number of fused-ring (bicyclic) bond motifs is 1. The largest absolute Gasteiger partial charge is 0.346 e. The second kappa shape index (κ2) is 5.30. The number of imidazole rings is 1. The zero-order chi connectivity index (χ0) is 13.9. The van der Waals surface area contributed by atoms with E-state index < -0.39 is 0 Å². The molecule has 0 fully saturated rings. The van der Waals surface area contributed by atoms with Crippen molar-refractivity contribution in [2.45, 2.75) is 6.54 Å². The molecule has 0 bridgehead atoms. The van der Waals surface area contributed by atoms with E-state index in [2.05, 4.69) is 15.3 Å². The molecular weight excluding hydrogens is 276 g/mol. The zero-order valence-corrected chi connectivity index (χ0v) is 11.2. The molecule has 0 spiro atoms. The van der Waals surface area contributed by atoms with Gasteiger partial charge in [-0.3, -0.25) is 9.78 Å². The fraction of sp³-hybridized carbons (Fsp3) is 0.0714. The Kier molecular flexibility index (Phi) is 3.35. The third-order valence-electron chi connectivity index (χ3n) is 2.84. The van der Waals surface area contributed by atoms with E-state index in [4.69, 9.17) is 11.6 Å². The molecule has 3 aromatic heterocycles. The van der Waals surface area contributed by atoms with Crippen LogP contribution < -0.4 is 5.32 Å². The Bertz CT molecular complexity index is 754. The Morgan fingerprint density at radius 2 is 2.10 bits per heavy atom. The Morgan fingerprint density at radius 3 is 2.90 bits per heavy atom. The quantitative estimate of drug-likeness (QED) is 0.804. The van der Waals surface area contributed by atoms with Gasteiger partial charge in [0.1, 0.15) is 5.65 Å². The summed E-state index contributed by atoms with van der Waals surface area (Å²) in [6, 6.07) is 6.89. The summed E-state index contributed by atoms with van der Waals surface area (Å²) in [5.41, 5.74) is 2.10. The molecule has 0 aromatic carbocycles.